The lowest BCUT2D eigenvalue weighted by Crippen LogP contribution is -2.13. The number of oxime groups is 2. The van der Waals surface area contributed by atoms with E-state index in [4.69, 9.17) is 21.3 Å². The molecule has 0 radical (unpaired) electrons. The summed E-state index contributed by atoms with van der Waals surface area (Å²) in [6.07, 6.45) is 5.22. The second-order valence-corrected chi connectivity index (χ2v) is 6.14. The first-order valence-electron chi connectivity index (χ1n) is 8.27. The molecule has 0 saturated heterocycles. The van der Waals surface area contributed by atoms with Crippen molar-refractivity contribution in [3.05, 3.63) is 88.5 Å². The third-order valence-electron chi connectivity index (χ3n) is 3.84. The zero-order valence-electron chi connectivity index (χ0n) is 15.0. The smallest absolute Gasteiger partial charge is 0.162 e. The molecule has 0 atom stereocenters. The van der Waals surface area contributed by atoms with E-state index in [-0.39, 0.29) is 0 Å². The van der Waals surface area contributed by atoms with Crippen LogP contribution in [0.1, 0.15) is 22.5 Å². The summed E-state index contributed by atoms with van der Waals surface area (Å²) in [5.74, 6) is 0.694. The first-order chi connectivity index (χ1) is 13.2. The SMILES string of the molecule is CO/N=C(\c1ccccc1/C=N/OCc1ccc(Cl)cc1)c1nccn1C. The van der Waals surface area contributed by atoms with Crippen molar-refractivity contribution in [2.45, 2.75) is 6.61 Å². The minimum atomic E-state index is 0.355. The lowest BCUT2D eigenvalue weighted by atomic mass is 10.0. The van der Waals surface area contributed by atoms with E-state index in [1.54, 1.807) is 12.4 Å². The Hall–Kier alpha value is -3.12. The van der Waals surface area contributed by atoms with Crippen LogP contribution in [-0.4, -0.2) is 28.6 Å². The summed E-state index contributed by atoms with van der Waals surface area (Å²) in [5.41, 5.74) is 3.28. The van der Waals surface area contributed by atoms with Gasteiger partial charge in [-0.05, 0) is 17.7 Å². The first-order valence-corrected chi connectivity index (χ1v) is 8.65. The molecule has 0 aliphatic rings. The molecule has 27 heavy (non-hydrogen) atoms. The fraction of sp³-hybridized carbons (Fsp3) is 0.150. The zero-order valence-corrected chi connectivity index (χ0v) is 15.8. The Kier molecular flexibility index (Phi) is 6.22. The number of nitrogens with zero attached hydrogens (tertiary/aromatic N) is 4. The third-order valence-corrected chi connectivity index (χ3v) is 4.09. The number of hydrogen-bond donors (Lipinski definition) is 0. The van der Waals surface area contributed by atoms with Crippen LogP contribution in [0.2, 0.25) is 5.02 Å². The lowest BCUT2D eigenvalue weighted by Gasteiger charge is -2.09. The minimum absolute atomic E-state index is 0.355. The predicted octanol–water partition coefficient (Wildman–Crippen LogP) is 4.02. The Morgan fingerprint density at radius 3 is 2.67 bits per heavy atom. The van der Waals surface area contributed by atoms with Crippen LogP contribution in [0.4, 0.5) is 0 Å². The number of hydrogen-bond acceptors (Lipinski definition) is 5. The second kappa shape index (κ2) is 9.00. The standard InChI is InChI=1S/C20H19ClN4O2/c1-25-12-11-22-20(25)19(24-26-2)18-6-4-3-5-16(18)13-23-27-14-15-7-9-17(21)10-8-15/h3-13H,14H2,1-2H3/b23-13+,24-19+. The molecule has 1 aromatic heterocycles. The van der Waals surface area contributed by atoms with Gasteiger partial charge in [-0.2, -0.15) is 0 Å². The van der Waals surface area contributed by atoms with E-state index >= 15 is 0 Å². The highest BCUT2D eigenvalue weighted by atomic mass is 35.5. The summed E-state index contributed by atoms with van der Waals surface area (Å²) in [4.78, 5) is 14.8. The molecular weight excluding hydrogens is 364 g/mol. The molecule has 0 bridgehead atoms. The molecule has 0 amide bonds. The molecule has 7 heteroatoms. The number of aromatic nitrogens is 2. The molecule has 3 rings (SSSR count). The third kappa shape index (κ3) is 4.74. The van der Waals surface area contributed by atoms with Crippen LogP contribution >= 0.6 is 11.6 Å². The van der Waals surface area contributed by atoms with Gasteiger partial charge in [-0.15, -0.1) is 0 Å². The van der Waals surface area contributed by atoms with Gasteiger partial charge in [-0.25, -0.2) is 4.98 Å². The molecular formula is C20H19ClN4O2. The van der Waals surface area contributed by atoms with Crippen molar-refractivity contribution in [3.8, 4) is 0 Å². The fourth-order valence-corrected chi connectivity index (χ4v) is 2.63. The largest absolute Gasteiger partial charge is 0.399 e. The van der Waals surface area contributed by atoms with Gasteiger partial charge in [0.25, 0.3) is 0 Å². The molecule has 0 N–H and O–H groups in total. The number of halogens is 1. The predicted molar refractivity (Wildman–Crippen MR) is 106 cm³/mol. The van der Waals surface area contributed by atoms with Crippen molar-refractivity contribution >= 4 is 23.5 Å². The molecule has 0 saturated carbocycles. The van der Waals surface area contributed by atoms with Gasteiger partial charge in [0.05, 0.1) is 6.21 Å². The van der Waals surface area contributed by atoms with Gasteiger partial charge in [0.2, 0.25) is 0 Å². The topological polar surface area (TPSA) is 61.0 Å². The van der Waals surface area contributed by atoms with Gasteiger partial charge in [-0.1, -0.05) is 58.3 Å². The average Bonchev–Trinajstić information content (AvgIpc) is 3.11. The van der Waals surface area contributed by atoms with Crippen LogP contribution in [-0.2, 0) is 23.3 Å². The molecule has 0 fully saturated rings. The Morgan fingerprint density at radius 1 is 1.19 bits per heavy atom. The zero-order chi connectivity index (χ0) is 19.1. The molecule has 1 heterocycles. The van der Waals surface area contributed by atoms with Crippen LogP contribution < -0.4 is 0 Å². The molecule has 0 aliphatic carbocycles. The van der Waals surface area contributed by atoms with Crippen LogP contribution in [0, 0.1) is 0 Å². The van der Waals surface area contributed by atoms with E-state index < -0.39 is 0 Å². The maximum atomic E-state index is 5.88. The average molecular weight is 383 g/mol. The summed E-state index contributed by atoms with van der Waals surface area (Å²) in [5, 5.41) is 8.94. The van der Waals surface area contributed by atoms with Crippen LogP contribution in [0.15, 0.2) is 71.2 Å². The molecule has 0 spiro atoms. The summed E-state index contributed by atoms with van der Waals surface area (Å²) >= 11 is 5.88. The van der Waals surface area contributed by atoms with E-state index in [0.717, 1.165) is 16.7 Å². The van der Waals surface area contributed by atoms with Crippen LogP contribution in [0.5, 0.6) is 0 Å². The monoisotopic (exact) mass is 382 g/mol. The van der Waals surface area contributed by atoms with Crippen molar-refractivity contribution in [2.24, 2.45) is 17.4 Å². The van der Waals surface area contributed by atoms with E-state index in [1.165, 1.54) is 7.11 Å². The van der Waals surface area contributed by atoms with E-state index in [0.29, 0.717) is 23.2 Å². The Balaban J connectivity index is 1.79. The first kappa shape index (κ1) is 18.7. The second-order valence-electron chi connectivity index (χ2n) is 5.71. The molecule has 2 aromatic carbocycles. The van der Waals surface area contributed by atoms with E-state index in [2.05, 4.69) is 15.3 Å². The maximum absolute atomic E-state index is 5.88. The summed E-state index contributed by atoms with van der Waals surface area (Å²) in [6, 6.07) is 15.2. The van der Waals surface area contributed by atoms with Crippen molar-refractivity contribution in [1.82, 2.24) is 9.55 Å². The number of imidazole rings is 1. The Labute approximate surface area is 162 Å². The quantitative estimate of drug-likeness (QED) is 0.458. The summed E-state index contributed by atoms with van der Waals surface area (Å²) in [7, 11) is 3.41. The van der Waals surface area contributed by atoms with Gasteiger partial charge in [0, 0.05) is 35.6 Å². The lowest BCUT2D eigenvalue weighted by molar-refractivity contribution is 0.132. The summed E-state index contributed by atoms with van der Waals surface area (Å²) in [6.45, 7) is 0.355. The minimum Gasteiger partial charge on any atom is -0.399 e. The Bertz CT molecular complexity index is 949. The van der Waals surface area contributed by atoms with E-state index in [9.17, 15) is 0 Å². The van der Waals surface area contributed by atoms with Gasteiger partial charge < -0.3 is 14.2 Å². The van der Waals surface area contributed by atoms with E-state index in [1.807, 2.05) is 66.3 Å². The van der Waals surface area contributed by atoms with Crippen molar-refractivity contribution in [1.29, 1.82) is 0 Å². The van der Waals surface area contributed by atoms with Gasteiger partial charge in [-0.3, -0.25) is 0 Å². The molecule has 3 aromatic rings. The molecule has 138 valence electrons. The highest BCUT2D eigenvalue weighted by Gasteiger charge is 2.15. The molecule has 0 aliphatic heterocycles. The Morgan fingerprint density at radius 2 is 1.96 bits per heavy atom. The maximum Gasteiger partial charge on any atom is 0.162 e. The van der Waals surface area contributed by atoms with Crippen LogP contribution in [0.25, 0.3) is 0 Å². The number of aryl methyl sites for hydroxylation is 1. The van der Waals surface area contributed by atoms with Crippen molar-refractivity contribution in [2.75, 3.05) is 7.11 Å². The van der Waals surface area contributed by atoms with Gasteiger partial charge in [0.15, 0.2) is 11.5 Å². The highest BCUT2D eigenvalue weighted by molar-refractivity contribution is 6.30. The number of benzene rings is 2. The number of rotatable bonds is 7. The van der Waals surface area contributed by atoms with Gasteiger partial charge >= 0.3 is 0 Å². The fourth-order valence-electron chi connectivity index (χ4n) is 2.51. The normalized spacial score (nSPS) is 11.7. The van der Waals surface area contributed by atoms with Crippen molar-refractivity contribution in [3.63, 3.8) is 0 Å². The summed E-state index contributed by atoms with van der Waals surface area (Å²) < 4.78 is 1.88. The van der Waals surface area contributed by atoms with Crippen LogP contribution in [0.3, 0.4) is 0 Å². The van der Waals surface area contributed by atoms with Gasteiger partial charge in [0.1, 0.15) is 13.7 Å². The van der Waals surface area contributed by atoms with Crippen molar-refractivity contribution < 1.29 is 9.68 Å². The molecule has 0 unspecified atom stereocenters. The molecule has 6 nitrogen and oxygen atoms in total. The highest BCUT2D eigenvalue weighted by Crippen LogP contribution is 2.14.